The number of alkyl carbamates (subject to hydrolysis) is 1. The normalized spacial score (nSPS) is 15.0. The number of carbonyl (C=O) groups excluding carboxylic acids is 1. The van der Waals surface area contributed by atoms with Crippen molar-refractivity contribution in [3.8, 4) is 22.3 Å². The van der Waals surface area contributed by atoms with E-state index < -0.39 is 11.7 Å². The lowest BCUT2D eigenvalue weighted by Crippen LogP contribution is -2.48. The molecule has 0 spiro atoms. The standard InChI is InChI=1S/C40H44N4O3/c1-40(2,3)47-39(46)42-34(24-28-10-6-5-7-11-28)27-44-22-18-31(19-23-44)36-26-35(30-16-20-41-21-17-30)37(38(45)43(36)4)33-15-14-29-12-8-9-13-32(29)25-33/h5-17,20-21,25-26,31,34H,18-19,22-24,27H2,1-4H3,(H,42,46)/t34-/m1/s1. The molecule has 1 amide bonds. The molecule has 7 nitrogen and oxygen atoms in total. The molecule has 3 aromatic carbocycles. The molecule has 5 aromatic rings. The maximum absolute atomic E-state index is 14.2. The van der Waals surface area contributed by atoms with Gasteiger partial charge in [0.1, 0.15) is 5.60 Å². The Labute approximate surface area is 277 Å². The van der Waals surface area contributed by atoms with Gasteiger partial charge in [-0.25, -0.2) is 4.79 Å². The lowest BCUT2D eigenvalue weighted by molar-refractivity contribution is 0.0487. The number of ether oxygens (including phenoxy) is 1. The predicted molar refractivity (Wildman–Crippen MR) is 190 cm³/mol. The van der Waals surface area contributed by atoms with Crippen molar-refractivity contribution < 1.29 is 9.53 Å². The molecule has 0 radical (unpaired) electrons. The van der Waals surface area contributed by atoms with Crippen LogP contribution < -0.4 is 10.9 Å². The molecule has 1 N–H and O–H groups in total. The van der Waals surface area contributed by atoms with Gasteiger partial charge >= 0.3 is 6.09 Å². The Morgan fingerprint density at radius 3 is 2.28 bits per heavy atom. The number of benzene rings is 3. The third-order valence-electron chi connectivity index (χ3n) is 9.03. The van der Waals surface area contributed by atoms with Crippen molar-refractivity contribution in [2.45, 2.75) is 57.6 Å². The van der Waals surface area contributed by atoms with Crippen LogP contribution in [0.1, 0.15) is 50.8 Å². The molecule has 1 aliphatic heterocycles. The largest absolute Gasteiger partial charge is 0.444 e. The molecule has 0 unspecified atom stereocenters. The van der Waals surface area contributed by atoms with Crippen LogP contribution in [0.3, 0.4) is 0 Å². The fourth-order valence-electron chi connectivity index (χ4n) is 6.75. The van der Waals surface area contributed by atoms with E-state index in [1.165, 1.54) is 5.56 Å². The Hall–Kier alpha value is -4.75. The summed E-state index contributed by atoms with van der Waals surface area (Å²) >= 11 is 0. The summed E-state index contributed by atoms with van der Waals surface area (Å²) in [4.78, 5) is 33.7. The highest BCUT2D eigenvalue weighted by atomic mass is 16.6. The molecule has 242 valence electrons. The third-order valence-corrected chi connectivity index (χ3v) is 9.03. The fraction of sp³-hybridized carbons (Fsp3) is 0.325. The van der Waals surface area contributed by atoms with Crippen molar-refractivity contribution in [1.82, 2.24) is 19.8 Å². The second-order valence-electron chi connectivity index (χ2n) is 13.6. The van der Waals surface area contributed by atoms with Crippen molar-refractivity contribution in [3.63, 3.8) is 0 Å². The summed E-state index contributed by atoms with van der Waals surface area (Å²) in [6.07, 6.45) is 5.74. The molecule has 1 saturated heterocycles. The monoisotopic (exact) mass is 628 g/mol. The minimum Gasteiger partial charge on any atom is -0.444 e. The average molecular weight is 629 g/mol. The smallest absolute Gasteiger partial charge is 0.407 e. The SMILES string of the molecule is Cn1c(C2CCN(C[C@@H](Cc3ccccc3)NC(=O)OC(C)(C)C)CC2)cc(-c2ccncc2)c(-c2ccc3ccccc3c2)c1=O. The summed E-state index contributed by atoms with van der Waals surface area (Å²) in [6, 6.07) is 30.9. The number of carbonyl (C=O) groups is 1. The number of piperidine rings is 1. The first-order valence-corrected chi connectivity index (χ1v) is 16.5. The van der Waals surface area contributed by atoms with Gasteiger partial charge in [0.15, 0.2) is 0 Å². The third kappa shape index (κ3) is 7.80. The lowest BCUT2D eigenvalue weighted by Gasteiger charge is -2.35. The van der Waals surface area contributed by atoms with Gasteiger partial charge in [0, 0.05) is 43.6 Å². The van der Waals surface area contributed by atoms with E-state index in [-0.39, 0.29) is 17.5 Å². The molecule has 1 fully saturated rings. The summed E-state index contributed by atoms with van der Waals surface area (Å²) in [6.45, 7) is 8.11. The maximum Gasteiger partial charge on any atom is 0.407 e. The lowest BCUT2D eigenvalue weighted by atomic mass is 9.88. The first-order chi connectivity index (χ1) is 22.6. The number of hydrogen-bond acceptors (Lipinski definition) is 5. The van der Waals surface area contributed by atoms with Gasteiger partial charge in [0.25, 0.3) is 5.56 Å². The number of hydrogen-bond donors (Lipinski definition) is 1. The Balaban J connectivity index is 1.24. The quantitative estimate of drug-likeness (QED) is 0.192. The van der Waals surface area contributed by atoms with Crippen LogP contribution in [0.2, 0.25) is 0 Å². The molecule has 1 atom stereocenters. The number of rotatable bonds is 8. The van der Waals surface area contributed by atoms with Gasteiger partial charge in [-0.15, -0.1) is 0 Å². The fourth-order valence-corrected chi connectivity index (χ4v) is 6.75. The van der Waals surface area contributed by atoms with E-state index in [0.717, 1.165) is 72.1 Å². The Bertz CT molecular complexity index is 1890. The van der Waals surface area contributed by atoms with Gasteiger partial charge in [-0.3, -0.25) is 9.78 Å². The first-order valence-electron chi connectivity index (χ1n) is 16.5. The molecule has 6 rings (SSSR count). The van der Waals surface area contributed by atoms with Crippen molar-refractivity contribution in [2.75, 3.05) is 19.6 Å². The van der Waals surface area contributed by atoms with Crippen LogP contribution in [0.25, 0.3) is 33.0 Å². The number of likely N-dealkylation sites (tertiary alicyclic amines) is 1. The van der Waals surface area contributed by atoms with E-state index in [4.69, 9.17) is 4.74 Å². The highest BCUT2D eigenvalue weighted by Crippen LogP contribution is 2.35. The minimum atomic E-state index is -0.561. The highest BCUT2D eigenvalue weighted by molar-refractivity contribution is 5.91. The van der Waals surface area contributed by atoms with E-state index >= 15 is 0 Å². The van der Waals surface area contributed by atoms with Crippen LogP contribution in [-0.2, 0) is 18.2 Å². The van der Waals surface area contributed by atoms with Gasteiger partial charge in [0.05, 0.1) is 5.56 Å². The van der Waals surface area contributed by atoms with Crippen LogP contribution in [0.4, 0.5) is 4.79 Å². The Morgan fingerprint density at radius 2 is 1.57 bits per heavy atom. The zero-order chi connectivity index (χ0) is 33.0. The van der Waals surface area contributed by atoms with Crippen molar-refractivity contribution in [1.29, 1.82) is 0 Å². The number of nitrogens with zero attached hydrogens (tertiary/aromatic N) is 3. The van der Waals surface area contributed by atoms with Gasteiger partial charge < -0.3 is 19.5 Å². The number of amides is 1. The van der Waals surface area contributed by atoms with Gasteiger partial charge in [-0.05, 0) is 110 Å². The van der Waals surface area contributed by atoms with Gasteiger partial charge in [0.2, 0.25) is 0 Å². The highest BCUT2D eigenvalue weighted by Gasteiger charge is 2.28. The molecule has 7 heteroatoms. The number of nitrogens with one attached hydrogen (secondary N) is 1. The minimum absolute atomic E-state index is 0.0107. The molecule has 0 saturated carbocycles. The number of fused-ring (bicyclic) bond motifs is 1. The molecular formula is C40H44N4O3. The van der Waals surface area contributed by atoms with Gasteiger partial charge in [-0.2, -0.15) is 0 Å². The van der Waals surface area contributed by atoms with Crippen LogP contribution in [-0.4, -0.2) is 51.8 Å². The zero-order valence-electron chi connectivity index (χ0n) is 27.8. The van der Waals surface area contributed by atoms with Crippen LogP contribution in [0.15, 0.2) is 108 Å². The molecule has 0 bridgehead atoms. The molecular weight excluding hydrogens is 584 g/mol. The van der Waals surface area contributed by atoms with E-state index in [9.17, 15) is 9.59 Å². The molecule has 2 aromatic heterocycles. The van der Waals surface area contributed by atoms with Crippen molar-refractivity contribution >= 4 is 16.9 Å². The molecule has 3 heterocycles. The summed E-state index contributed by atoms with van der Waals surface area (Å²) in [7, 11) is 1.91. The van der Waals surface area contributed by atoms with Crippen molar-refractivity contribution in [2.24, 2.45) is 7.05 Å². The van der Waals surface area contributed by atoms with E-state index in [1.807, 2.05) is 74.9 Å². The predicted octanol–water partition coefficient (Wildman–Crippen LogP) is 7.58. The van der Waals surface area contributed by atoms with E-state index in [2.05, 4.69) is 63.7 Å². The first kappa shape index (κ1) is 32.2. The summed E-state index contributed by atoms with van der Waals surface area (Å²) in [5.41, 5.74) is 5.23. The van der Waals surface area contributed by atoms with Crippen molar-refractivity contribution in [3.05, 3.63) is 125 Å². The second kappa shape index (κ2) is 13.9. The van der Waals surface area contributed by atoms with E-state index in [1.54, 1.807) is 12.4 Å². The average Bonchev–Trinajstić information content (AvgIpc) is 3.06. The number of aromatic nitrogens is 2. The second-order valence-corrected chi connectivity index (χ2v) is 13.6. The maximum atomic E-state index is 14.2. The molecule has 1 aliphatic rings. The summed E-state index contributed by atoms with van der Waals surface area (Å²) in [5.74, 6) is 0.238. The summed E-state index contributed by atoms with van der Waals surface area (Å²) < 4.78 is 7.46. The van der Waals surface area contributed by atoms with Crippen LogP contribution in [0.5, 0.6) is 0 Å². The summed E-state index contributed by atoms with van der Waals surface area (Å²) in [5, 5.41) is 5.39. The number of pyridine rings is 2. The Kier molecular flexibility index (Phi) is 9.55. The van der Waals surface area contributed by atoms with Gasteiger partial charge in [-0.1, -0.05) is 66.7 Å². The topological polar surface area (TPSA) is 76.5 Å². The van der Waals surface area contributed by atoms with E-state index in [0.29, 0.717) is 5.56 Å². The van der Waals surface area contributed by atoms with Crippen LogP contribution >= 0.6 is 0 Å². The Morgan fingerprint density at radius 1 is 0.894 bits per heavy atom. The zero-order valence-corrected chi connectivity index (χ0v) is 27.8. The van der Waals surface area contributed by atoms with Crippen LogP contribution in [0, 0.1) is 0 Å². The molecule has 47 heavy (non-hydrogen) atoms. The molecule has 0 aliphatic carbocycles.